The van der Waals surface area contributed by atoms with Crippen LogP contribution >= 0.6 is 11.6 Å². The van der Waals surface area contributed by atoms with E-state index in [1.165, 1.54) is 0 Å². The quantitative estimate of drug-likeness (QED) is 0.275. The third-order valence-corrected chi connectivity index (χ3v) is 1.50. The largest absolute Gasteiger partial charge is 0.700 e. The van der Waals surface area contributed by atoms with Crippen LogP contribution in [-0.4, -0.2) is 26.4 Å². The summed E-state index contributed by atoms with van der Waals surface area (Å²) in [6.07, 6.45) is -0.957. The fraction of sp³-hybridized carbons (Fsp3) is 1.00. The third-order valence-electron chi connectivity index (χ3n) is 1.31. The number of nitrogens with zero attached hydrogens (tertiary/aromatic N) is 3. The van der Waals surface area contributed by atoms with Gasteiger partial charge in [0.1, 0.15) is 0 Å². The van der Waals surface area contributed by atoms with Gasteiger partial charge in [0.25, 0.3) is 0 Å². The summed E-state index contributed by atoms with van der Waals surface area (Å²) in [5.74, 6) is -3.95. The van der Waals surface area contributed by atoms with E-state index in [-0.39, 0.29) is 0 Å². The SMILES string of the molecule is O=[N+]([O-])C(CCCl)([N+](=O)[O-])[N+](=O)[O-]. The van der Waals surface area contributed by atoms with Gasteiger partial charge >= 0.3 is 5.79 Å². The highest BCUT2D eigenvalue weighted by atomic mass is 35.5. The molecule has 0 saturated heterocycles. The third kappa shape index (κ3) is 1.80. The predicted molar refractivity (Wildman–Crippen MR) is 39.1 cm³/mol. The lowest BCUT2D eigenvalue weighted by Crippen LogP contribution is -2.53. The Balaban J connectivity index is 5.18. The van der Waals surface area contributed by atoms with E-state index in [9.17, 15) is 30.3 Å². The molecule has 9 nitrogen and oxygen atoms in total. The van der Waals surface area contributed by atoms with Crippen molar-refractivity contribution < 1.29 is 14.8 Å². The first-order chi connectivity index (χ1) is 5.89. The molecule has 0 aliphatic rings. The van der Waals surface area contributed by atoms with Gasteiger partial charge in [-0.15, -0.1) is 11.6 Å². The number of hydrogen-bond donors (Lipinski definition) is 0. The second-order valence-corrected chi connectivity index (χ2v) is 2.36. The fourth-order valence-corrected chi connectivity index (χ4v) is 0.854. The summed E-state index contributed by atoms with van der Waals surface area (Å²) in [5.41, 5.74) is 0. The Kier molecular flexibility index (Phi) is 3.48. The van der Waals surface area contributed by atoms with Crippen LogP contribution in [-0.2, 0) is 0 Å². The van der Waals surface area contributed by atoms with Crippen molar-refractivity contribution >= 4 is 11.6 Å². The second kappa shape index (κ2) is 3.94. The topological polar surface area (TPSA) is 129 Å². The Morgan fingerprint density at radius 2 is 1.31 bits per heavy atom. The summed E-state index contributed by atoms with van der Waals surface area (Å²) in [7, 11) is 0. The van der Waals surface area contributed by atoms with Crippen LogP contribution in [0.2, 0.25) is 0 Å². The van der Waals surface area contributed by atoms with Crippen LogP contribution in [0.25, 0.3) is 0 Å². The Hall–Kier alpha value is -1.51. The molecular weight excluding hydrogens is 210 g/mol. The second-order valence-electron chi connectivity index (χ2n) is 1.98. The molecule has 0 radical (unpaired) electrons. The molecule has 0 fully saturated rings. The number of halogens is 1. The smallest absolute Gasteiger partial charge is 0.253 e. The number of hydrogen-bond acceptors (Lipinski definition) is 6. The summed E-state index contributed by atoms with van der Waals surface area (Å²) in [4.78, 5) is 25.8. The molecule has 0 aromatic rings. The highest BCUT2D eigenvalue weighted by molar-refractivity contribution is 6.17. The van der Waals surface area contributed by atoms with Crippen LogP contribution in [0.4, 0.5) is 0 Å². The first kappa shape index (κ1) is 11.5. The molecule has 74 valence electrons. The van der Waals surface area contributed by atoms with E-state index in [4.69, 9.17) is 11.6 Å². The van der Waals surface area contributed by atoms with Crippen molar-refractivity contribution in [2.45, 2.75) is 12.2 Å². The van der Waals surface area contributed by atoms with Gasteiger partial charge in [0, 0.05) is 5.88 Å². The van der Waals surface area contributed by atoms with E-state index in [2.05, 4.69) is 0 Å². The Bertz CT molecular complexity index is 217. The summed E-state index contributed by atoms with van der Waals surface area (Å²) >= 11 is 5.00. The van der Waals surface area contributed by atoms with E-state index in [0.717, 1.165) is 0 Å². The van der Waals surface area contributed by atoms with E-state index < -0.39 is 32.9 Å². The van der Waals surface area contributed by atoms with Crippen LogP contribution < -0.4 is 0 Å². The van der Waals surface area contributed by atoms with Gasteiger partial charge in [-0.3, -0.25) is 30.3 Å². The van der Waals surface area contributed by atoms with Crippen LogP contribution in [0, 0.1) is 30.3 Å². The molecule has 0 saturated carbocycles. The minimum Gasteiger partial charge on any atom is -0.253 e. The lowest BCUT2D eigenvalue weighted by molar-refractivity contribution is -0.969. The van der Waals surface area contributed by atoms with Gasteiger partial charge in [0.15, 0.2) is 21.2 Å². The molecule has 0 aliphatic carbocycles. The van der Waals surface area contributed by atoms with Crippen molar-refractivity contribution in [3.63, 3.8) is 0 Å². The maximum absolute atomic E-state index is 10.2. The molecule has 0 spiro atoms. The molecule has 0 atom stereocenters. The predicted octanol–water partition coefficient (Wildman–Crippen LogP) is 0.0992. The number of alkyl halides is 1. The summed E-state index contributed by atoms with van der Waals surface area (Å²) in [5, 5.41) is 30.5. The molecule has 0 aliphatic heterocycles. The average molecular weight is 214 g/mol. The van der Waals surface area contributed by atoms with Gasteiger partial charge in [0.2, 0.25) is 0 Å². The van der Waals surface area contributed by atoms with Crippen LogP contribution in [0.15, 0.2) is 0 Å². The van der Waals surface area contributed by atoms with Gasteiger partial charge in [-0.25, -0.2) is 0 Å². The van der Waals surface area contributed by atoms with Crippen molar-refractivity contribution in [3.8, 4) is 0 Å². The van der Waals surface area contributed by atoms with Gasteiger partial charge in [-0.05, 0) is 0 Å². The van der Waals surface area contributed by atoms with Gasteiger partial charge in [-0.1, -0.05) is 0 Å². The first-order valence-corrected chi connectivity index (χ1v) is 3.42. The zero-order chi connectivity index (χ0) is 10.6. The average Bonchev–Trinajstić information content (AvgIpc) is 1.97. The molecule has 10 heteroatoms. The molecule has 13 heavy (non-hydrogen) atoms. The van der Waals surface area contributed by atoms with E-state index in [0.29, 0.717) is 0 Å². The zero-order valence-corrected chi connectivity index (χ0v) is 6.84. The molecule has 0 amide bonds. The number of nitro groups is 3. The van der Waals surface area contributed by atoms with Gasteiger partial charge in [-0.2, -0.15) is 0 Å². The number of rotatable bonds is 5. The molecule has 0 aromatic heterocycles. The van der Waals surface area contributed by atoms with Crippen molar-refractivity contribution in [1.29, 1.82) is 0 Å². The maximum Gasteiger partial charge on any atom is 0.700 e. The highest BCUT2D eigenvalue weighted by Crippen LogP contribution is 2.17. The van der Waals surface area contributed by atoms with Crippen molar-refractivity contribution in [2.24, 2.45) is 0 Å². The minimum absolute atomic E-state index is 0.539. The van der Waals surface area contributed by atoms with Crippen molar-refractivity contribution in [1.82, 2.24) is 0 Å². The van der Waals surface area contributed by atoms with Crippen LogP contribution in [0.1, 0.15) is 6.42 Å². The molecule has 0 N–H and O–H groups in total. The standard InChI is InChI=1S/C3H4ClN3O6/c4-2-1-3(5(8)9,6(10)11)7(12)13/h1-2H2. The monoisotopic (exact) mass is 213 g/mol. The normalized spacial score (nSPS) is 10.8. The van der Waals surface area contributed by atoms with Gasteiger partial charge in [0.05, 0.1) is 0 Å². The van der Waals surface area contributed by atoms with E-state index >= 15 is 0 Å². The van der Waals surface area contributed by atoms with Gasteiger partial charge < -0.3 is 0 Å². The van der Waals surface area contributed by atoms with E-state index in [1.54, 1.807) is 0 Å². The maximum atomic E-state index is 10.2. The summed E-state index contributed by atoms with van der Waals surface area (Å²) in [6, 6.07) is 0. The molecular formula is C3H4ClN3O6. The lowest BCUT2D eigenvalue weighted by atomic mass is 10.3. The fourth-order valence-electron chi connectivity index (χ4n) is 0.601. The zero-order valence-electron chi connectivity index (χ0n) is 6.08. The molecule has 0 heterocycles. The first-order valence-electron chi connectivity index (χ1n) is 2.89. The Labute approximate surface area is 75.7 Å². The lowest BCUT2D eigenvalue weighted by Gasteiger charge is -2.06. The van der Waals surface area contributed by atoms with Crippen molar-refractivity contribution in [3.05, 3.63) is 30.3 Å². The molecule has 0 rings (SSSR count). The van der Waals surface area contributed by atoms with Crippen LogP contribution in [0.3, 0.4) is 0 Å². The Morgan fingerprint density at radius 1 is 1.00 bits per heavy atom. The van der Waals surface area contributed by atoms with Crippen LogP contribution in [0.5, 0.6) is 0 Å². The summed E-state index contributed by atoms with van der Waals surface area (Å²) in [6.45, 7) is 0. The molecule has 0 unspecified atom stereocenters. The highest BCUT2D eigenvalue weighted by Gasteiger charge is 2.69. The molecule has 0 bridgehead atoms. The van der Waals surface area contributed by atoms with E-state index in [1.807, 2.05) is 0 Å². The molecule has 0 aromatic carbocycles. The minimum atomic E-state index is -3.41. The summed E-state index contributed by atoms with van der Waals surface area (Å²) < 4.78 is 0. The van der Waals surface area contributed by atoms with Crippen molar-refractivity contribution in [2.75, 3.05) is 5.88 Å². The Morgan fingerprint density at radius 3 is 1.38 bits per heavy atom.